The molecule has 0 heteroatoms. The van der Waals surface area contributed by atoms with Gasteiger partial charge in [-0.25, -0.2) is 0 Å². The molecule has 0 N–H and O–H groups in total. The van der Waals surface area contributed by atoms with Crippen LogP contribution in [0.25, 0.3) is 0 Å². The SMILES string of the molecule is C1CCCCC1.C[C](C)CC(C)(C)C. The molecule has 0 amide bonds. The maximum absolute atomic E-state index is 2.26. The molecule has 0 unspecified atom stereocenters. The molecule has 1 radical (unpaired) electrons. The van der Waals surface area contributed by atoms with Crippen molar-refractivity contribution in [1.29, 1.82) is 0 Å². The molecule has 0 aromatic carbocycles. The molecule has 0 nitrogen and oxygen atoms in total. The molecular weight excluding hydrogens is 168 g/mol. The highest BCUT2D eigenvalue weighted by Crippen LogP contribution is 2.24. The molecule has 0 aliphatic heterocycles. The van der Waals surface area contributed by atoms with Gasteiger partial charge in [0.05, 0.1) is 0 Å². The van der Waals surface area contributed by atoms with Gasteiger partial charge in [-0.15, -0.1) is 0 Å². The van der Waals surface area contributed by atoms with Gasteiger partial charge in [0.25, 0.3) is 0 Å². The summed E-state index contributed by atoms with van der Waals surface area (Å²) in [5, 5.41) is 0. The zero-order valence-electron chi connectivity index (χ0n) is 10.9. The molecule has 0 atom stereocenters. The van der Waals surface area contributed by atoms with Gasteiger partial charge in [0.1, 0.15) is 0 Å². The van der Waals surface area contributed by atoms with Crippen molar-refractivity contribution in [3.63, 3.8) is 0 Å². The van der Waals surface area contributed by atoms with E-state index in [1.54, 1.807) is 0 Å². The Morgan fingerprint density at radius 3 is 1.14 bits per heavy atom. The van der Waals surface area contributed by atoms with Gasteiger partial charge < -0.3 is 0 Å². The lowest BCUT2D eigenvalue weighted by atomic mass is 9.86. The Balaban J connectivity index is 0.000000249. The normalized spacial score (nSPS) is 17.6. The van der Waals surface area contributed by atoms with Crippen molar-refractivity contribution in [2.75, 3.05) is 0 Å². The highest BCUT2D eigenvalue weighted by Gasteiger charge is 2.11. The fourth-order valence-corrected chi connectivity index (χ4v) is 2.12. The Morgan fingerprint density at radius 1 is 0.786 bits per heavy atom. The van der Waals surface area contributed by atoms with Crippen molar-refractivity contribution in [1.82, 2.24) is 0 Å². The summed E-state index contributed by atoms with van der Waals surface area (Å²) in [6.07, 6.45) is 10.2. The first-order valence-corrected chi connectivity index (χ1v) is 6.21. The topological polar surface area (TPSA) is 0 Å². The van der Waals surface area contributed by atoms with Crippen LogP contribution in [0.3, 0.4) is 0 Å². The van der Waals surface area contributed by atoms with E-state index in [1.165, 1.54) is 50.9 Å². The summed E-state index contributed by atoms with van der Waals surface area (Å²) in [6.45, 7) is 11.2. The summed E-state index contributed by atoms with van der Waals surface area (Å²) >= 11 is 0. The molecule has 0 heterocycles. The summed E-state index contributed by atoms with van der Waals surface area (Å²) in [7, 11) is 0. The maximum atomic E-state index is 2.26. The zero-order valence-corrected chi connectivity index (χ0v) is 10.9. The van der Waals surface area contributed by atoms with Crippen LogP contribution in [-0.2, 0) is 0 Å². The van der Waals surface area contributed by atoms with Crippen molar-refractivity contribution in [2.24, 2.45) is 5.41 Å². The highest BCUT2D eigenvalue weighted by molar-refractivity contribution is 4.82. The molecule has 1 rings (SSSR count). The van der Waals surface area contributed by atoms with Crippen LogP contribution in [0.1, 0.15) is 79.6 Å². The van der Waals surface area contributed by atoms with E-state index in [-0.39, 0.29) is 0 Å². The molecule has 14 heavy (non-hydrogen) atoms. The average molecular weight is 197 g/mol. The second kappa shape index (κ2) is 7.31. The lowest BCUT2D eigenvalue weighted by Gasteiger charge is -2.19. The van der Waals surface area contributed by atoms with Crippen molar-refractivity contribution in [3.05, 3.63) is 5.92 Å². The lowest BCUT2D eigenvalue weighted by Crippen LogP contribution is -2.07. The van der Waals surface area contributed by atoms with E-state index in [0.717, 1.165) is 0 Å². The van der Waals surface area contributed by atoms with Crippen LogP contribution < -0.4 is 0 Å². The van der Waals surface area contributed by atoms with Crippen LogP contribution in [0.4, 0.5) is 0 Å². The highest BCUT2D eigenvalue weighted by atomic mass is 14.2. The molecular formula is C14H29. The first-order valence-electron chi connectivity index (χ1n) is 6.21. The summed E-state index contributed by atoms with van der Waals surface area (Å²) in [5.41, 5.74) is 0.485. The van der Waals surface area contributed by atoms with Gasteiger partial charge in [0.15, 0.2) is 0 Å². The van der Waals surface area contributed by atoms with E-state index in [0.29, 0.717) is 5.41 Å². The van der Waals surface area contributed by atoms with Gasteiger partial charge in [-0.05, 0) is 17.8 Å². The molecule has 0 aromatic heterocycles. The Hall–Kier alpha value is 0. The Morgan fingerprint density at radius 2 is 1.07 bits per heavy atom. The molecule has 1 aliphatic carbocycles. The number of hydrogen-bond donors (Lipinski definition) is 0. The monoisotopic (exact) mass is 197 g/mol. The molecule has 0 saturated heterocycles. The average Bonchev–Trinajstić information content (AvgIpc) is 2.03. The van der Waals surface area contributed by atoms with Crippen LogP contribution in [0.2, 0.25) is 0 Å². The van der Waals surface area contributed by atoms with Gasteiger partial charge in [0, 0.05) is 0 Å². The molecule has 0 spiro atoms. The standard InChI is InChI=1S/C8H17.C6H12/c1-7(2)6-8(3,4)5;1-2-4-6-5-3-1/h6H2,1-5H3;1-6H2. The van der Waals surface area contributed by atoms with E-state index in [1.807, 2.05) is 0 Å². The third-order valence-electron chi connectivity index (χ3n) is 2.38. The predicted molar refractivity (Wildman–Crippen MR) is 66.4 cm³/mol. The summed E-state index contributed by atoms with van der Waals surface area (Å²) < 4.78 is 0. The van der Waals surface area contributed by atoms with Crippen molar-refractivity contribution >= 4 is 0 Å². The van der Waals surface area contributed by atoms with Gasteiger partial charge >= 0.3 is 0 Å². The molecule has 1 aliphatic rings. The fourth-order valence-electron chi connectivity index (χ4n) is 2.12. The van der Waals surface area contributed by atoms with Gasteiger partial charge in [-0.3, -0.25) is 0 Å². The van der Waals surface area contributed by atoms with Gasteiger partial charge in [-0.1, -0.05) is 73.1 Å². The van der Waals surface area contributed by atoms with Crippen LogP contribution in [0.15, 0.2) is 0 Å². The first-order chi connectivity index (χ1) is 6.42. The quantitative estimate of drug-likeness (QED) is 0.529. The molecule has 1 saturated carbocycles. The van der Waals surface area contributed by atoms with Crippen LogP contribution in [-0.4, -0.2) is 0 Å². The second-order valence-electron chi connectivity index (χ2n) is 6.07. The van der Waals surface area contributed by atoms with Crippen LogP contribution >= 0.6 is 0 Å². The van der Waals surface area contributed by atoms with Crippen molar-refractivity contribution in [2.45, 2.75) is 79.6 Å². The maximum Gasteiger partial charge on any atom is -0.0298 e. The van der Waals surface area contributed by atoms with Crippen LogP contribution in [0, 0.1) is 11.3 Å². The van der Waals surface area contributed by atoms with E-state index >= 15 is 0 Å². The second-order valence-corrected chi connectivity index (χ2v) is 6.07. The minimum Gasteiger partial charge on any atom is -0.0602 e. The summed E-state index contributed by atoms with van der Waals surface area (Å²) in [4.78, 5) is 0. The van der Waals surface area contributed by atoms with Gasteiger partial charge in [-0.2, -0.15) is 0 Å². The lowest BCUT2D eigenvalue weighted by molar-refractivity contribution is 0.389. The fraction of sp³-hybridized carbons (Fsp3) is 0.929. The first kappa shape index (κ1) is 14.0. The minimum absolute atomic E-state index is 0.485. The molecule has 0 aromatic rings. The van der Waals surface area contributed by atoms with Crippen molar-refractivity contribution in [3.8, 4) is 0 Å². The largest absolute Gasteiger partial charge is 0.0602 e. The smallest absolute Gasteiger partial charge is 0.0298 e. The van der Waals surface area contributed by atoms with E-state index in [9.17, 15) is 0 Å². The van der Waals surface area contributed by atoms with Gasteiger partial charge in [0.2, 0.25) is 0 Å². The predicted octanol–water partition coefficient (Wildman–Crippen LogP) is 5.38. The Bertz CT molecular complexity index is 101. The van der Waals surface area contributed by atoms with E-state index in [4.69, 9.17) is 0 Å². The van der Waals surface area contributed by atoms with Crippen molar-refractivity contribution < 1.29 is 0 Å². The zero-order chi connectivity index (χ0) is 11.0. The van der Waals surface area contributed by atoms with E-state index < -0.39 is 0 Å². The molecule has 1 fully saturated rings. The Kier molecular flexibility index (Phi) is 7.31. The third kappa shape index (κ3) is 12.0. The molecule has 85 valence electrons. The number of hydrogen-bond acceptors (Lipinski definition) is 0. The number of rotatable bonds is 1. The Labute approximate surface area is 91.5 Å². The van der Waals surface area contributed by atoms with E-state index in [2.05, 4.69) is 34.6 Å². The van der Waals surface area contributed by atoms with Crippen LogP contribution in [0.5, 0.6) is 0 Å². The molecule has 0 bridgehead atoms. The summed E-state index contributed by atoms with van der Waals surface area (Å²) in [5.74, 6) is 1.53. The third-order valence-corrected chi connectivity index (χ3v) is 2.38. The summed E-state index contributed by atoms with van der Waals surface area (Å²) in [6, 6.07) is 0. The minimum atomic E-state index is 0.485.